The molecule has 0 fully saturated rings. The number of carbonyl (C=O) groups excluding carboxylic acids is 1. The van der Waals surface area contributed by atoms with Crippen LogP contribution in [0.3, 0.4) is 0 Å². The van der Waals surface area contributed by atoms with Crippen molar-refractivity contribution in [1.82, 2.24) is 5.32 Å². The molecular weight excluding hydrogens is 396 g/mol. The van der Waals surface area contributed by atoms with E-state index in [1.165, 1.54) is 5.56 Å². The Morgan fingerprint density at radius 3 is 2.00 bits per heavy atom. The number of amides is 1. The molecule has 2 aromatic carbocycles. The first-order valence-corrected chi connectivity index (χ1v) is 10.5. The Kier molecular flexibility index (Phi) is 9.97. The number of nitrogens with one attached hydrogen (secondary N) is 1. The molecule has 7 heteroatoms. The third kappa shape index (κ3) is 7.07. The molecule has 0 aromatic heterocycles. The molecule has 0 spiro atoms. The fourth-order valence-corrected chi connectivity index (χ4v) is 3.40. The number of methoxy groups -OCH3 is 4. The second-order valence-corrected chi connectivity index (χ2v) is 7.11. The molecule has 0 aliphatic heterocycles. The van der Waals surface area contributed by atoms with Gasteiger partial charge in [-0.15, -0.1) is 0 Å². The van der Waals surface area contributed by atoms with E-state index in [0.29, 0.717) is 18.0 Å². The molecule has 1 amide bonds. The van der Waals surface area contributed by atoms with Crippen LogP contribution in [-0.2, 0) is 11.2 Å². The zero-order chi connectivity index (χ0) is 22.6. The van der Waals surface area contributed by atoms with E-state index in [-0.39, 0.29) is 5.91 Å². The van der Waals surface area contributed by atoms with Crippen molar-refractivity contribution in [3.8, 4) is 23.0 Å². The average molecular weight is 431 g/mol. The maximum Gasteiger partial charge on any atom is 0.223 e. The fourth-order valence-electron chi connectivity index (χ4n) is 3.40. The minimum atomic E-state index is 0.000623. The van der Waals surface area contributed by atoms with Gasteiger partial charge in [0.25, 0.3) is 0 Å². The maximum absolute atomic E-state index is 12.1. The molecule has 7 nitrogen and oxygen atoms in total. The lowest BCUT2D eigenvalue weighted by molar-refractivity contribution is -0.116. The molecule has 1 N–H and O–H groups in total. The lowest BCUT2D eigenvalue weighted by atomic mass is 10.1. The summed E-state index contributed by atoms with van der Waals surface area (Å²) < 4.78 is 21.3. The predicted octanol–water partition coefficient (Wildman–Crippen LogP) is 3.69. The van der Waals surface area contributed by atoms with Gasteiger partial charge in [0.15, 0.2) is 23.0 Å². The summed E-state index contributed by atoms with van der Waals surface area (Å²) in [5.74, 6) is 2.76. The van der Waals surface area contributed by atoms with E-state index in [0.717, 1.165) is 49.5 Å². The molecule has 0 unspecified atom stereocenters. The second kappa shape index (κ2) is 12.7. The molecule has 31 heavy (non-hydrogen) atoms. The van der Waals surface area contributed by atoms with E-state index in [2.05, 4.69) is 11.4 Å². The number of hydrogen-bond acceptors (Lipinski definition) is 6. The van der Waals surface area contributed by atoms with Gasteiger partial charge in [0.1, 0.15) is 0 Å². The van der Waals surface area contributed by atoms with Gasteiger partial charge < -0.3 is 29.2 Å². The first kappa shape index (κ1) is 24.3. The van der Waals surface area contributed by atoms with Gasteiger partial charge in [0.05, 0.1) is 28.4 Å². The van der Waals surface area contributed by atoms with Gasteiger partial charge in [-0.05, 0) is 62.2 Å². The van der Waals surface area contributed by atoms with E-state index in [1.54, 1.807) is 40.3 Å². The van der Waals surface area contributed by atoms with Gasteiger partial charge in [-0.3, -0.25) is 4.79 Å². The number of carbonyl (C=O) groups is 1. The van der Waals surface area contributed by atoms with Crippen LogP contribution < -0.4 is 29.2 Å². The Balaban J connectivity index is 1.76. The zero-order valence-electron chi connectivity index (χ0n) is 19.2. The van der Waals surface area contributed by atoms with Gasteiger partial charge in [-0.25, -0.2) is 0 Å². The number of aryl methyl sites for hydroxylation is 1. The van der Waals surface area contributed by atoms with Crippen LogP contribution in [0.5, 0.6) is 23.0 Å². The van der Waals surface area contributed by atoms with Crippen molar-refractivity contribution in [2.45, 2.75) is 26.2 Å². The molecule has 0 aliphatic carbocycles. The van der Waals surface area contributed by atoms with Crippen molar-refractivity contribution in [1.29, 1.82) is 0 Å². The van der Waals surface area contributed by atoms with E-state index in [4.69, 9.17) is 18.9 Å². The number of hydrogen-bond donors (Lipinski definition) is 1. The summed E-state index contributed by atoms with van der Waals surface area (Å²) in [6.07, 6.45) is 2.82. The standard InChI is InChI=1S/C24H34N2O5/c1-18(27)26(20-10-12-22(29-3)24(17-20)31-5)15-7-14-25-13-6-8-19-9-11-21(28-2)23(16-19)30-4/h9-12,16-17,25H,6-8,13-15H2,1-5H3. The smallest absolute Gasteiger partial charge is 0.223 e. The van der Waals surface area contributed by atoms with Crippen LogP contribution in [0, 0.1) is 0 Å². The number of rotatable bonds is 13. The van der Waals surface area contributed by atoms with Crippen molar-refractivity contribution in [3.05, 3.63) is 42.0 Å². The van der Waals surface area contributed by atoms with E-state index in [1.807, 2.05) is 30.3 Å². The van der Waals surface area contributed by atoms with Gasteiger partial charge in [-0.2, -0.15) is 0 Å². The third-order valence-corrected chi connectivity index (χ3v) is 5.06. The van der Waals surface area contributed by atoms with E-state index < -0.39 is 0 Å². The summed E-state index contributed by atoms with van der Waals surface area (Å²) in [5.41, 5.74) is 2.02. The van der Waals surface area contributed by atoms with Crippen LogP contribution in [0.2, 0.25) is 0 Å². The molecule has 0 radical (unpaired) electrons. The quantitative estimate of drug-likeness (QED) is 0.489. The number of nitrogens with zero attached hydrogens (tertiary/aromatic N) is 1. The Labute approximate surface area is 185 Å². The molecule has 0 bridgehead atoms. The highest BCUT2D eigenvalue weighted by molar-refractivity contribution is 5.91. The lowest BCUT2D eigenvalue weighted by Gasteiger charge is -2.22. The van der Waals surface area contributed by atoms with Crippen molar-refractivity contribution in [2.24, 2.45) is 0 Å². The molecule has 0 saturated heterocycles. The van der Waals surface area contributed by atoms with E-state index in [9.17, 15) is 4.79 Å². The van der Waals surface area contributed by atoms with Gasteiger partial charge in [0.2, 0.25) is 5.91 Å². The zero-order valence-corrected chi connectivity index (χ0v) is 19.2. The summed E-state index contributed by atoms with van der Waals surface area (Å²) in [6.45, 7) is 3.95. The number of benzene rings is 2. The van der Waals surface area contributed by atoms with Crippen molar-refractivity contribution < 1.29 is 23.7 Å². The summed E-state index contributed by atoms with van der Waals surface area (Å²) in [5, 5.41) is 3.45. The topological polar surface area (TPSA) is 69.3 Å². The maximum atomic E-state index is 12.1. The van der Waals surface area contributed by atoms with E-state index >= 15 is 0 Å². The monoisotopic (exact) mass is 430 g/mol. The molecule has 0 aliphatic rings. The van der Waals surface area contributed by atoms with Crippen LogP contribution in [0.25, 0.3) is 0 Å². The van der Waals surface area contributed by atoms with Gasteiger partial charge in [-0.1, -0.05) is 6.07 Å². The highest BCUT2D eigenvalue weighted by Gasteiger charge is 2.14. The molecule has 0 heterocycles. The molecular formula is C24H34N2O5. The Morgan fingerprint density at radius 1 is 0.806 bits per heavy atom. The van der Waals surface area contributed by atoms with Gasteiger partial charge in [0, 0.05) is 25.2 Å². The average Bonchev–Trinajstić information content (AvgIpc) is 2.79. The minimum Gasteiger partial charge on any atom is -0.493 e. The first-order valence-electron chi connectivity index (χ1n) is 10.5. The lowest BCUT2D eigenvalue weighted by Crippen LogP contribution is -2.31. The summed E-state index contributed by atoms with van der Waals surface area (Å²) in [4.78, 5) is 13.9. The Morgan fingerprint density at radius 2 is 1.39 bits per heavy atom. The van der Waals surface area contributed by atoms with Crippen LogP contribution in [0.4, 0.5) is 5.69 Å². The highest BCUT2D eigenvalue weighted by Crippen LogP contribution is 2.31. The van der Waals surface area contributed by atoms with Crippen molar-refractivity contribution in [2.75, 3.05) is 53.0 Å². The van der Waals surface area contributed by atoms with Crippen LogP contribution in [-0.4, -0.2) is 54.0 Å². The second-order valence-electron chi connectivity index (χ2n) is 7.11. The number of ether oxygens (including phenoxy) is 4. The summed E-state index contributed by atoms with van der Waals surface area (Å²) >= 11 is 0. The Bertz CT molecular complexity index is 841. The van der Waals surface area contributed by atoms with Crippen LogP contribution >= 0.6 is 0 Å². The first-order chi connectivity index (χ1) is 15.0. The van der Waals surface area contributed by atoms with Crippen LogP contribution in [0.15, 0.2) is 36.4 Å². The van der Waals surface area contributed by atoms with Crippen molar-refractivity contribution in [3.63, 3.8) is 0 Å². The van der Waals surface area contributed by atoms with Crippen molar-refractivity contribution >= 4 is 11.6 Å². The SMILES string of the molecule is COc1ccc(CCCNCCCN(C(C)=O)c2ccc(OC)c(OC)c2)cc1OC. The molecule has 2 aromatic rings. The number of anilines is 1. The molecule has 2 rings (SSSR count). The summed E-state index contributed by atoms with van der Waals surface area (Å²) in [7, 11) is 6.47. The largest absolute Gasteiger partial charge is 0.493 e. The normalized spacial score (nSPS) is 10.5. The summed E-state index contributed by atoms with van der Waals surface area (Å²) in [6, 6.07) is 11.5. The Hall–Kier alpha value is -2.93. The third-order valence-electron chi connectivity index (χ3n) is 5.06. The predicted molar refractivity (Wildman–Crippen MR) is 123 cm³/mol. The molecule has 170 valence electrons. The molecule has 0 saturated carbocycles. The fraction of sp³-hybridized carbons (Fsp3) is 0.458. The van der Waals surface area contributed by atoms with Gasteiger partial charge >= 0.3 is 0 Å². The molecule has 0 atom stereocenters. The van der Waals surface area contributed by atoms with Crippen LogP contribution in [0.1, 0.15) is 25.3 Å². The minimum absolute atomic E-state index is 0.000623. The highest BCUT2D eigenvalue weighted by atomic mass is 16.5.